The topological polar surface area (TPSA) is 78.5 Å². The number of rotatable bonds is 5. The summed E-state index contributed by atoms with van der Waals surface area (Å²) < 4.78 is 13.2. The van der Waals surface area contributed by atoms with Crippen molar-refractivity contribution in [3.63, 3.8) is 0 Å². The molecular formula is C20H25ClFN3O3. The molecule has 1 heterocycles. The Morgan fingerprint density at radius 2 is 1.68 bits per heavy atom. The molecule has 2 fully saturated rings. The first-order chi connectivity index (χ1) is 13.4. The molecule has 28 heavy (non-hydrogen) atoms. The molecule has 6 nitrogen and oxygen atoms in total. The van der Waals surface area contributed by atoms with Gasteiger partial charge >= 0.3 is 0 Å². The van der Waals surface area contributed by atoms with Gasteiger partial charge in [0.15, 0.2) is 0 Å². The highest BCUT2D eigenvalue weighted by Gasteiger charge is 2.28. The standard InChI is InChI=1S/C20H25ClFN3O3/c21-16-11-15(5-6-17(16)22)24-20(28)14-7-9-25(10-8-14)18(26)12-23-19(27)13-3-1-2-4-13/h5-6,11,13-14H,1-4,7-10,12H2,(H,23,27)(H,24,28). The van der Waals surface area contributed by atoms with Crippen molar-refractivity contribution in [3.8, 4) is 0 Å². The van der Waals surface area contributed by atoms with E-state index in [4.69, 9.17) is 11.6 Å². The van der Waals surface area contributed by atoms with E-state index in [0.29, 0.717) is 31.6 Å². The van der Waals surface area contributed by atoms with Gasteiger partial charge in [0.25, 0.3) is 0 Å². The molecule has 1 saturated carbocycles. The number of nitrogens with one attached hydrogen (secondary N) is 2. The summed E-state index contributed by atoms with van der Waals surface area (Å²) in [6.07, 6.45) is 5.04. The molecular weight excluding hydrogens is 385 g/mol. The van der Waals surface area contributed by atoms with Gasteiger partial charge in [-0.2, -0.15) is 0 Å². The number of likely N-dealkylation sites (tertiary alicyclic amines) is 1. The van der Waals surface area contributed by atoms with Gasteiger partial charge < -0.3 is 15.5 Å². The van der Waals surface area contributed by atoms with Crippen LogP contribution in [0, 0.1) is 17.7 Å². The minimum absolute atomic E-state index is 0.0142. The molecule has 0 unspecified atom stereocenters. The van der Waals surface area contributed by atoms with E-state index in [1.54, 1.807) is 4.90 Å². The van der Waals surface area contributed by atoms with E-state index in [-0.39, 0.29) is 41.1 Å². The van der Waals surface area contributed by atoms with Crippen molar-refractivity contribution in [1.82, 2.24) is 10.2 Å². The Hall–Kier alpha value is -2.15. The highest BCUT2D eigenvalue weighted by molar-refractivity contribution is 6.31. The van der Waals surface area contributed by atoms with Crippen LogP contribution in [0.5, 0.6) is 0 Å². The van der Waals surface area contributed by atoms with E-state index in [2.05, 4.69) is 10.6 Å². The van der Waals surface area contributed by atoms with Gasteiger partial charge in [-0.05, 0) is 43.9 Å². The first kappa shape index (κ1) is 20.6. The molecule has 2 N–H and O–H groups in total. The largest absolute Gasteiger partial charge is 0.347 e. The van der Waals surface area contributed by atoms with E-state index in [0.717, 1.165) is 25.7 Å². The molecule has 2 aliphatic rings. The lowest BCUT2D eigenvalue weighted by Crippen LogP contribution is -2.46. The van der Waals surface area contributed by atoms with Crippen molar-refractivity contribution in [3.05, 3.63) is 29.0 Å². The Morgan fingerprint density at radius 1 is 1.04 bits per heavy atom. The SMILES string of the molecule is O=C(NCC(=O)N1CCC(C(=O)Nc2ccc(F)c(Cl)c2)CC1)C1CCCC1. The lowest BCUT2D eigenvalue weighted by molar-refractivity contribution is -0.136. The van der Waals surface area contributed by atoms with Gasteiger partial charge in [-0.1, -0.05) is 24.4 Å². The fraction of sp³-hybridized carbons (Fsp3) is 0.550. The van der Waals surface area contributed by atoms with Crippen LogP contribution in [0.1, 0.15) is 38.5 Å². The van der Waals surface area contributed by atoms with Crippen LogP contribution in [-0.4, -0.2) is 42.3 Å². The Balaban J connectivity index is 1.41. The third-order valence-electron chi connectivity index (χ3n) is 5.55. The molecule has 0 bridgehead atoms. The van der Waals surface area contributed by atoms with Gasteiger partial charge in [0, 0.05) is 30.6 Å². The Labute approximate surface area is 168 Å². The normalized spacial score (nSPS) is 18.1. The van der Waals surface area contributed by atoms with Crippen LogP contribution < -0.4 is 10.6 Å². The minimum atomic E-state index is -0.536. The number of hydrogen-bond acceptors (Lipinski definition) is 3. The van der Waals surface area contributed by atoms with Crippen LogP contribution >= 0.6 is 11.6 Å². The molecule has 0 atom stereocenters. The molecule has 1 saturated heterocycles. The number of halogens is 2. The van der Waals surface area contributed by atoms with Crippen molar-refractivity contribution in [2.75, 3.05) is 25.0 Å². The smallest absolute Gasteiger partial charge is 0.241 e. The van der Waals surface area contributed by atoms with Crippen molar-refractivity contribution < 1.29 is 18.8 Å². The second-order valence-electron chi connectivity index (χ2n) is 7.47. The summed E-state index contributed by atoms with van der Waals surface area (Å²) in [5, 5.41) is 5.45. The summed E-state index contributed by atoms with van der Waals surface area (Å²) in [7, 11) is 0. The predicted octanol–water partition coefficient (Wildman–Crippen LogP) is 2.96. The van der Waals surface area contributed by atoms with Gasteiger partial charge in [0.1, 0.15) is 5.82 Å². The maximum Gasteiger partial charge on any atom is 0.241 e. The van der Waals surface area contributed by atoms with E-state index in [9.17, 15) is 18.8 Å². The maximum absolute atomic E-state index is 13.2. The number of benzene rings is 1. The van der Waals surface area contributed by atoms with Crippen molar-refractivity contribution in [1.29, 1.82) is 0 Å². The zero-order chi connectivity index (χ0) is 20.1. The summed E-state index contributed by atoms with van der Waals surface area (Å²) in [4.78, 5) is 38.4. The third-order valence-corrected chi connectivity index (χ3v) is 5.84. The summed E-state index contributed by atoms with van der Waals surface area (Å²) in [6, 6.07) is 4.05. The van der Waals surface area contributed by atoms with Crippen molar-refractivity contribution in [2.45, 2.75) is 38.5 Å². The Morgan fingerprint density at radius 3 is 2.32 bits per heavy atom. The molecule has 1 aromatic carbocycles. The molecule has 0 aromatic heterocycles. The van der Waals surface area contributed by atoms with Crippen LogP contribution in [0.25, 0.3) is 0 Å². The minimum Gasteiger partial charge on any atom is -0.347 e. The molecule has 3 amide bonds. The molecule has 1 aliphatic carbocycles. The van der Waals surface area contributed by atoms with Gasteiger partial charge in [0.05, 0.1) is 11.6 Å². The Kier molecular flexibility index (Phi) is 6.88. The molecule has 1 aromatic rings. The lowest BCUT2D eigenvalue weighted by Gasteiger charge is -2.31. The number of carbonyl (C=O) groups is 3. The zero-order valence-electron chi connectivity index (χ0n) is 15.7. The average Bonchev–Trinajstić information content (AvgIpc) is 3.24. The second kappa shape index (κ2) is 9.37. The number of nitrogens with zero attached hydrogens (tertiary/aromatic N) is 1. The quantitative estimate of drug-likeness (QED) is 0.784. The van der Waals surface area contributed by atoms with Gasteiger partial charge in [0.2, 0.25) is 17.7 Å². The molecule has 8 heteroatoms. The monoisotopic (exact) mass is 409 g/mol. The number of anilines is 1. The first-order valence-corrected chi connectivity index (χ1v) is 10.1. The second-order valence-corrected chi connectivity index (χ2v) is 7.88. The predicted molar refractivity (Wildman–Crippen MR) is 104 cm³/mol. The fourth-order valence-electron chi connectivity index (χ4n) is 3.82. The number of amides is 3. The van der Waals surface area contributed by atoms with Gasteiger partial charge in [-0.3, -0.25) is 14.4 Å². The molecule has 1 aliphatic heterocycles. The van der Waals surface area contributed by atoms with Gasteiger partial charge in [-0.25, -0.2) is 4.39 Å². The highest BCUT2D eigenvalue weighted by atomic mass is 35.5. The Bertz CT molecular complexity index is 744. The molecule has 3 rings (SSSR count). The van der Waals surface area contributed by atoms with Crippen molar-refractivity contribution >= 4 is 35.0 Å². The maximum atomic E-state index is 13.2. The number of hydrogen-bond donors (Lipinski definition) is 2. The lowest BCUT2D eigenvalue weighted by atomic mass is 9.95. The van der Waals surface area contributed by atoms with E-state index in [1.165, 1.54) is 18.2 Å². The third kappa shape index (κ3) is 5.22. The molecule has 0 radical (unpaired) electrons. The van der Waals surface area contributed by atoms with Crippen LogP contribution in [0.4, 0.5) is 10.1 Å². The number of piperidine rings is 1. The number of carbonyl (C=O) groups excluding carboxylic acids is 3. The van der Waals surface area contributed by atoms with Crippen LogP contribution in [0.15, 0.2) is 18.2 Å². The van der Waals surface area contributed by atoms with Gasteiger partial charge in [-0.15, -0.1) is 0 Å². The van der Waals surface area contributed by atoms with Crippen LogP contribution in [0.2, 0.25) is 5.02 Å². The average molecular weight is 410 g/mol. The summed E-state index contributed by atoms with van der Waals surface area (Å²) in [6.45, 7) is 0.959. The zero-order valence-corrected chi connectivity index (χ0v) is 16.4. The van der Waals surface area contributed by atoms with E-state index < -0.39 is 5.82 Å². The highest BCUT2D eigenvalue weighted by Crippen LogP contribution is 2.25. The van der Waals surface area contributed by atoms with Crippen LogP contribution in [-0.2, 0) is 14.4 Å². The molecule has 0 spiro atoms. The first-order valence-electron chi connectivity index (χ1n) is 9.75. The van der Waals surface area contributed by atoms with Crippen molar-refractivity contribution in [2.24, 2.45) is 11.8 Å². The van der Waals surface area contributed by atoms with E-state index >= 15 is 0 Å². The summed E-state index contributed by atoms with van der Waals surface area (Å²) in [5.74, 6) is -1.02. The van der Waals surface area contributed by atoms with Crippen LogP contribution in [0.3, 0.4) is 0 Å². The molecule has 152 valence electrons. The van der Waals surface area contributed by atoms with E-state index in [1.807, 2.05) is 0 Å². The summed E-state index contributed by atoms with van der Waals surface area (Å²) >= 11 is 5.73. The summed E-state index contributed by atoms with van der Waals surface area (Å²) in [5.41, 5.74) is 0.449. The fourth-order valence-corrected chi connectivity index (χ4v) is 4.00.